The summed E-state index contributed by atoms with van der Waals surface area (Å²) in [5, 5.41) is 4.50. The van der Waals surface area contributed by atoms with Crippen LogP contribution in [-0.2, 0) is 6.42 Å². The van der Waals surface area contributed by atoms with Crippen LogP contribution in [0.25, 0.3) is 5.65 Å². The van der Waals surface area contributed by atoms with Crippen molar-refractivity contribution in [1.29, 1.82) is 0 Å². The third-order valence-corrected chi connectivity index (χ3v) is 4.08. The zero-order valence-corrected chi connectivity index (χ0v) is 11.9. The molecule has 4 rings (SSSR count). The van der Waals surface area contributed by atoms with Gasteiger partial charge in [0.25, 0.3) is 0 Å². The minimum atomic E-state index is 0.866. The van der Waals surface area contributed by atoms with Crippen molar-refractivity contribution in [3.63, 3.8) is 0 Å². The lowest BCUT2D eigenvalue weighted by atomic mass is 10.1. The van der Waals surface area contributed by atoms with Gasteiger partial charge in [0, 0.05) is 25.7 Å². The average Bonchev–Trinajstić information content (AvgIpc) is 3.16. The number of imidazole rings is 1. The highest BCUT2D eigenvalue weighted by Gasteiger charge is 2.21. The Labute approximate surface area is 124 Å². The summed E-state index contributed by atoms with van der Waals surface area (Å²) in [7, 11) is 0. The molecule has 1 aliphatic heterocycles. The zero-order chi connectivity index (χ0) is 14.1. The molecule has 0 saturated carbocycles. The quantitative estimate of drug-likeness (QED) is 0.738. The first kappa shape index (κ1) is 12.4. The SMILES string of the molecule is c1ccc(Cc2c(N3CCCC3)nc3cccnn23)cc1. The number of aromatic nitrogens is 3. The van der Waals surface area contributed by atoms with Crippen molar-refractivity contribution in [3.05, 3.63) is 59.9 Å². The maximum atomic E-state index is 4.82. The minimum absolute atomic E-state index is 0.866. The van der Waals surface area contributed by atoms with Crippen LogP contribution in [0.1, 0.15) is 24.1 Å². The van der Waals surface area contributed by atoms with E-state index in [0.717, 1.165) is 31.0 Å². The predicted octanol–water partition coefficient (Wildman–Crippen LogP) is 2.92. The van der Waals surface area contributed by atoms with Crippen molar-refractivity contribution >= 4 is 11.5 Å². The Morgan fingerprint density at radius 1 is 0.952 bits per heavy atom. The summed E-state index contributed by atoms with van der Waals surface area (Å²) in [4.78, 5) is 7.21. The van der Waals surface area contributed by atoms with Crippen LogP contribution in [0, 0.1) is 0 Å². The first-order chi connectivity index (χ1) is 10.4. The van der Waals surface area contributed by atoms with Crippen molar-refractivity contribution in [3.8, 4) is 0 Å². The van der Waals surface area contributed by atoms with Gasteiger partial charge >= 0.3 is 0 Å². The summed E-state index contributed by atoms with van der Waals surface area (Å²) in [5.41, 5.74) is 3.43. The Morgan fingerprint density at radius 3 is 2.57 bits per heavy atom. The largest absolute Gasteiger partial charge is 0.355 e. The molecule has 0 aliphatic carbocycles. The van der Waals surface area contributed by atoms with Gasteiger partial charge in [-0.1, -0.05) is 30.3 Å². The van der Waals surface area contributed by atoms with E-state index in [1.165, 1.54) is 24.1 Å². The fraction of sp³-hybridized carbons (Fsp3) is 0.294. The molecule has 0 spiro atoms. The molecule has 106 valence electrons. The fourth-order valence-corrected chi connectivity index (χ4v) is 3.05. The van der Waals surface area contributed by atoms with E-state index >= 15 is 0 Å². The van der Waals surface area contributed by atoms with Crippen molar-refractivity contribution in [2.45, 2.75) is 19.3 Å². The van der Waals surface area contributed by atoms with Gasteiger partial charge in [0.05, 0.1) is 5.69 Å². The Bertz CT molecular complexity index is 742. The molecule has 4 heteroatoms. The smallest absolute Gasteiger partial charge is 0.156 e. The predicted molar refractivity (Wildman–Crippen MR) is 83.7 cm³/mol. The van der Waals surface area contributed by atoms with Gasteiger partial charge in [-0.05, 0) is 30.5 Å². The van der Waals surface area contributed by atoms with E-state index in [-0.39, 0.29) is 0 Å². The molecule has 21 heavy (non-hydrogen) atoms. The second-order valence-corrected chi connectivity index (χ2v) is 5.53. The summed E-state index contributed by atoms with van der Waals surface area (Å²) in [5.74, 6) is 1.11. The van der Waals surface area contributed by atoms with Crippen LogP contribution in [0.3, 0.4) is 0 Å². The van der Waals surface area contributed by atoms with Gasteiger partial charge in [0.15, 0.2) is 11.5 Å². The Hall–Kier alpha value is -2.36. The van der Waals surface area contributed by atoms with Crippen LogP contribution in [0.5, 0.6) is 0 Å². The van der Waals surface area contributed by atoms with E-state index in [2.05, 4.69) is 40.3 Å². The molecule has 0 N–H and O–H groups in total. The van der Waals surface area contributed by atoms with Crippen LogP contribution in [-0.4, -0.2) is 27.7 Å². The van der Waals surface area contributed by atoms with Crippen molar-refractivity contribution in [1.82, 2.24) is 14.6 Å². The second kappa shape index (κ2) is 5.20. The number of hydrogen-bond acceptors (Lipinski definition) is 3. The molecule has 0 unspecified atom stereocenters. The average molecular weight is 278 g/mol. The maximum absolute atomic E-state index is 4.82. The number of hydrogen-bond donors (Lipinski definition) is 0. The molecule has 1 aromatic carbocycles. The lowest BCUT2D eigenvalue weighted by Gasteiger charge is -2.16. The Balaban J connectivity index is 1.82. The molecule has 4 nitrogen and oxygen atoms in total. The molecular formula is C17H18N4. The number of anilines is 1. The molecule has 1 saturated heterocycles. The molecule has 0 bridgehead atoms. The number of benzene rings is 1. The minimum Gasteiger partial charge on any atom is -0.355 e. The monoisotopic (exact) mass is 278 g/mol. The summed E-state index contributed by atoms with van der Waals surface area (Å²) >= 11 is 0. The summed E-state index contributed by atoms with van der Waals surface area (Å²) in [6, 6.07) is 14.5. The van der Waals surface area contributed by atoms with Gasteiger partial charge in [0.2, 0.25) is 0 Å². The van der Waals surface area contributed by atoms with Crippen LogP contribution in [0.2, 0.25) is 0 Å². The molecule has 2 aromatic heterocycles. The van der Waals surface area contributed by atoms with Gasteiger partial charge in [-0.25, -0.2) is 9.50 Å². The van der Waals surface area contributed by atoms with Crippen molar-refractivity contribution in [2.75, 3.05) is 18.0 Å². The molecular weight excluding hydrogens is 260 g/mol. The molecule has 0 amide bonds. The molecule has 0 atom stereocenters. The van der Waals surface area contributed by atoms with Gasteiger partial charge in [-0.15, -0.1) is 0 Å². The second-order valence-electron chi connectivity index (χ2n) is 5.53. The molecule has 3 heterocycles. The maximum Gasteiger partial charge on any atom is 0.156 e. The number of nitrogens with zero attached hydrogens (tertiary/aromatic N) is 4. The van der Waals surface area contributed by atoms with Gasteiger partial charge < -0.3 is 4.90 Å². The Morgan fingerprint density at radius 2 is 1.76 bits per heavy atom. The first-order valence-electron chi connectivity index (χ1n) is 7.53. The zero-order valence-electron chi connectivity index (χ0n) is 11.9. The highest BCUT2D eigenvalue weighted by Crippen LogP contribution is 2.26. The molecule has 1 aliphatic rings. The van der Waals surface area contributed by atoms with E-state index in [4.69, 9.17) is 4.98 Å². The fourth-order valence-electron chi connectivity index (χ4n) is 3.05. The van der Waals surface area contributed by atoms with Crippen LogP contribution in [0.15, 0.2) is 48.7 Å². The van der Waals surface area contributed by atoms with Gasteiger partial charge in [-0.3, -0.25) is 0 Å². The normalized spacial score (nSPS) is 15.0. The van der Waals surface area contributed by atoms with Crippen LogP contribution >= 0.6 is 0 Å². The van der Waals surface area contributed by atoms with E-state index in [9.17, 15) is 0 Å². The Kier molecular flexibility index (Phi) is 3.07. The lowest BCUT2D eigenvalue weighted by Crippen LogP contribution is -2.20. The van der Waals surface area contributed by atoms with Crippen LogP contribution in [0.4, 0.5) is 5.82 Å². The summed E-state index contributed by atoms with van der Waals surface area (Å²) < 4.78 is 1.99. The highest BCUT2D eigenvalue weighted by molar-refractivity contribution is 5.56. The van der Waals surface area contributed by atoms with E-state index in [1.807, 2.05) is 22.8 Å². The van der Waals surface area contributed by atoms with E-state index in [1.54, 1.807) is 0 Å². The van der Waals surface area contributed by atoms with Crippen molar-refractivity contribution < 1.29 is 0 Å². The van der Waals surface area contributed by atoms with Gasteiger partial charge in [-0.2, -0.15) is 5.10 Å². The van der Waals surface area contributed by atoms with E-state index in [0.29, 0.717) is 0 Å². The van der Waals surface area contributed by atoms with Gasteiger partial charge in [0.1, 0.15) is 0 Å². The lowest BCUT2D eigenvalue weighted by molar-refractivity contribution is 0.856. The third-order valence-electron chi connectivity index (χ3n) is 4.08. The van der Waals surface area contributed by atoms with Crippen molar-refractivity contribution in [2.24, 2.45) is 0 Å². The molecule has 0 radical (unpaired) electrons. The molecule has 1 fully saturated rings. The topological polar surface area (TPSA) is 33.4 Å². The number of fused-ring (bicyclic) bond motifs is 1. The van der Waals surface area contributed by atoms with E-state index < -0.39 is 0 Å². The molecule has 3 aromatic rings. The summed E-state index contributed by atoms with van der Waals surface area (Å²) in [6.07, 6.45) is 5.21. The number of rotatable bonds is 3. The highest BCUT2D eigenvalue weighted by atomic mass is 15.3. The summed E-state index contributed by atoms with van der Waals surface area (Å²) in [6.45, 7) is 2.21. The van der Waals surface area contributed by atoms with Crippen LogP contribution < -0.4 is 4.90 Å². The first-order valence-corrected chi connectivity index (χ1v) is 7.53. The standard InChI is InChI=1S/C17H18N4/c1-2-7-14(8-3-1)13-15-17(20-11-4-5-12-20)19-16-9-6-10-18-21(15)16/h1-3,6-10H,4-5,11-13H2. The third kappa shape index (κ3) is 2.27.